The van der Waals surface area contributed by atoms with Crippen LogP contribution in [0.4, 0.5) is 0 Å². The Morgan fingerprint density at radius 1 is 1.40 bits per heavy atom. The van der Waals surface area contributed by atoms with Crippen molar-refractivity contribution >= 4 is 6.08 Å². The first-order chi connectivity index (χ1) is 7.24. The van der Waals surface area contributed by atoms with Gasteiger partial charge >= 0.3 is 0 Å². The molecule has 1 nitrogen and oxygen atoms in total. The summed E-state index contributed by atoms with van der Waals surface area (Å²) in [5, 5.41) is 0. The molecule has 0 aromatic heterocycles. The molecule has 80 valence electrons. The predicted octanol–water partition coefficient (Wildman–Crippen LogP) is 3.77. The second-order valence-electron chi connectivity index (χ2n) is 3.41. The molecule has 0 N–H and O–H groups in total. The van der Waals surface area contributed by atoms with E-state index in [2.05, 4.69) is 32.6 Å². The highest BCUT2D eigenvalue weighted by atomic mass is 16.5. The fourth-order valence-electron chi connectivity index (χ4n) is 1.73. The molecule has 0 heterocycles. The van der Waals surface area contributed by atoms with Gasteiger partial charge in [-0.3, -0.25) is 0 Å². The molecular weight excluding hydrogens is 184 g/mol. The summed E-state index contributed by atoms with van der Waals surface area (Å²) < 4.78 is 5.33. The predicted molar refractivity (Wildman–Crippen MR) is 66.3 cm³/mol. The Balaban J connectivity index is 3.22. The number of ether oxygens (including phenoxy) is 1. The van der Waals surface area contributed by atoms with E-state index in [1.807, 2.05) is 12.1 Å². The van der Waals surface area contributed by atoms with Crippen molar-refractivity contribution in [2.75, 3.05) is 7.11 Å². The Bertz CT molecular complexity index is 375. The van der Waals surface area contributed by atoms with Crippen molar-refractivity contribution < 1.29 is 4.74 Å². The molecule has 0 aliphatic rings. The van der Waals surface area contributed by atoms with Crippen molar-refractivity contribution in [1.82, 2.24) is 0 Å². The SMILES string of the molecule is C=C/C=C\c1ccc(OC)c(CC)c1C. The Hall–Kier alpha value is -1.50. The van der Waals surface area contributed by atoms with E-state index in [1.165, 1.54) is 16.7 Å². The molecule has 0 bridgehead atoms. The molecule has 15 heavy (non-hydrogen) atoms. The topological polar surface area (TPSA) is 9.23 Å². The molecule has 0 atom stereocenters. The van der Waals surface area contributed by atoms with E-state index >= 15 is 0 Å². The van der Waals surface area contributed by atoms with Crippen LogP contribution < -0.4 is 4.74 Å². The van der Waals surface area contributed by atoms with Gasteiger partial charge in [-0.1, -0.05) is 37.8 Å². The Kier molecular flexibility index (Phi) is 4.17. The van der Waals surface area contributed by atoms with Crippen LogP contribution in [0.2, 0.25) is 0 Å². The van der Waals surface area contributed by atoms with Gasteiger partial charge in [0.1, 0.15) is 5.75 Å². The maximum Gasteiger partial charge on any atom is 0.122 e. The van der Waals surface area contributed by atoms with Crippen molar-refractivity contribution in [2.24, 2.45) is 0 Å². The van der Waals surface area contributed by atoms with Crippen molar-refractivity contribution in [3.05, 3.63) is 47.6 Å². The standard InChI is InChI=1S/C14H18O/c1-5-7-8-12-9-10-14(15-4)13(6-2)11(12)3/h5,7-10H,1,6H2,2-4H3/b8-7-. The molecule has 1 aromatic rings. The first-order valence-corrected chi connectivity index (χ1v) is 5.20. The van der Waals surface area contributed by atoms with Crippen molar-refractivity contribution in [2.45, 2.75) is 20.3 Å². The molecule has 0 amide bonds. The lowest BCUT2D eigenvalue weighted by Gasteiger charge is -2.12. The van der Waals surface area contributed by atoms with Crippen LogP contribution in [0.5, 0.6) is 5.75 Å². The maximum atomic E-state index is 5.33. The highest BCUT2D eigenvalue weighted by molar-refractivity contribution is 5.59. The van der Waals surface area contributed by atoms with Crippen molar-refractivity contribution in [3.8, 4) is 5.75 Å². The minimum Gasteiger partial charge on any atom is -0.496 e. The highest BCUT2D eigenvalue weighted by Gasteiger charge is 2.06. The van der Waals surface area contributed by atoms with Gasteiger partial charge in [0.25, 0.3) is 0 Å². The van der Waals surface area contributed by atoms with Crippen LogP contribution in [0.25, 0.3) is 6.08 Å². The molecule has 0 saturated heterocycles. The molecule has 1 rings (SSSR count). The summed E-state index contributed by atoms with van der Waals surface area (Å²) in [5.41, 5.74) is 3.80. The molecule has 0 spiro atoms. The zero-order chi connectivity index (χ0) is 11.3. The van der Waals surface area contributed by atoms with E-state index in [0.717, 1.165) is 12.2 Å². The van der Waals surface area contributed by atoms with Crippen LogP contribution in [-0.4, -0.2) is 7.11 Å². The molecule has 0 fully saturated rings. The summed E-state index contributed by atoms with van der Waals surface area (Å²) in [6, 6.07) is 4.10. The van der Waals surface area contributed by atoms with E-state index in [-0.39, 0.29) is 0 Å². The average molecular weight is 202 g/mol. The number of rotatable bonds is 4. The van der Waals surface area contributed by atoms with Crippen LogP contribution in [0.1, 0.15) is 23.6 Å². The fraction of sp³-hybridized carbons (Fsp3) is 0.286. The van der Waals surface area contributed by atoms with Gasteiger partial charge < -0.3 is 4.74 Å². The quantitative estimate of drug-likeness (QED) is 0.675. The zero-order valence-electron chi connectivity index (χ0n) is 9.71. The van der Waals surface area contributed by atoms with E-state index in [1.54, 1.807) is 13.2 Å². The molecular formula is C14H18O. The normalized spacial score (nSPS) is 10.6. The third kappa shape index (κ3) is 2.50. The van der Waals surface area contributed by atoms with E-state index in [0.29, 0.717) is 0 Å². The number of hydrogen-bond acceptors (Lipinski definition) is 1. The van der Waals surface area contributed by atoms with Crippen molar-refractivity contribution in [1.29, 1.82) is 0 Å². The Labute approximate surface area is 92.1 Å². The Morgan fingerprint density at radius 2 is 2.13 bits per heavy atom. The van der Waals surface area contributed by atoms with Gasteiger partial charge in [0.05, 0.1) is 7.11 Å². The average Bonchev–Trinajstić information content (AvgIpc) is 2.27. The summed E-state index contributed by atoms with van der Waals surface area (Å²) in [5.74, 6) is 0.978. The van der Waals surface area contributed by atoms with Gasteiger partial charge in [-0.25, -0.2) is 0 Å². The molecule has 0 unspecified atom stereocenters. The second-order valence-corrected chi connectivity index (χ2v) is 3.41. The maximum absolute atomic E-state index is 5.33. The summed E-state index contributed by atoms with van der Waals surface area (Å²) in [6.45, 7) is 7.94. The highest BCUT2D eigenvalue weighted by Crippen LogP contribution is 2.26. The van der Waals surface area contributed by atoms with Crippen molar-refractivity contribution in [3.63, 3.8) is 0 Å². The lowest BCUT2D eigenvalue weighted by Crippen LogP contribution is -1.95. The van der Waals surface area contributed by atoms with Gasteiger partial charge in [0, 0.05) is 0 Å². The number of methoxy groups -OCH3 is 1. The van der Waals surface area contributed by atoms with Crippen LogP contribution in [0.3, 0.4) is 0 Å². The lowest BCUT2D eigenvalue weighted by molar-refractivity contribution is 0.409. The van der Waals surface area contributed by atoms with E-state index < -0.39 is 0 Å². The molecule has 0 radical (unpaired) electrons. The summed E-state index contributed by atoms with van der Waals surface area (Å²) in [6.07, 6.45) is 6.80. The first kappa shape index (κ1) is 11.6. The van der Waals surface area contributed by atoms with E-state index in [9.17, 15) is 0 Å². The summed E-state index contributed by atoms with van der Waals surface area (Å²) in [4.78, 5) is 0. The number of hydrogen-bond donors (Lipinski definition) is 0. The largest absolute Gasteiger partial charge is 0.496 e. The molecule has 0 aliphatic heterocycles. The number of benzene rings is 1. The summed E-state index contributed by atoms with van der Waals surface area (Å²) in [7, 11) is 1.72. The molecule has 0 aliphatic carbocycles. The lowest BCUT2D eigenvalue weighted by atomic mass is 9.99. The third-order valence-electron chi connectivity index (χ3n) is 2.58. The van der Waals surface area contributed by atoms with Crippen LogP contribution in [0, 0.1) is 6.92 Å². The minimum atomic E-state index is 0.978. The summed E-state index contributed by atoms with van der Waals surface area (Å²) >= 11 is 0. The van der Waals surface area contributed by atoms with E-state index in [4.69, 9.17) is 4.74 Å². The fourth-order valence-corrected chi connectivity index (χ4v) is 1.73. The Morgan fingerprint density at radius 3 is 2.67 bits per heavy atom. The molecule has 1 heteroatoms. The van der Waals surface area contributed by atoms with Gasteiger partial charge in [0.15, 0.2) is 0 Å². The van der Waals surface area contributed by atoms with Gasteiger partial charge in [0.2, 0.25) is 0 Å². The first-order valence-electron chi connectivity index (χ1n) is 5.20. The zero-order valence-corrected chi connectivity index (χ0v) is 9.71. The number of allylic oxidation sites excluding steroid dienone is 2. The molecule has 0 saturated carbocycles. The van der Waals surface area contributed by atoms with Crippen LogP contribution in [0.15, 0.2) is 30.9 Å². The van der Waals surface area contributed by atoms with Gasteiger partial charge in [-0.15, -0.1) is 0 Å². The second kappa shape index (κ2) is 5.40. The van der Waals surface area contributed by atoms with Gasteiger partial charge in [-0.05, 0) is 36.1 Å². The monoisotopic (exact) mass is 202 g/mol. The van der Waals surface area contributed by atoms with Crippen LogP contribution in [-0.2, 0) is 6.42 Å². The van der Waals surface area contributed by atoms with Gasteiger partial charge in [-0.2, -0.15) is 0 Å². The minimum absolute atomic E-state index is 0.978. The van der Waals surface area contributed by atoms with Crippen LogP contribution >= 0.6 is 0 Å². The smallest absolute Gasteiger partial charge is 0.122 e. The molecule has 1 aromatic carbocycles. The third-order valence-corrected chi connectivity index (χ3v) is 2.58.